The number of hydrogen-bond acceptors (Lipinski definition) is 8. The number of benzene rings is 1. The van der Waals surface area contributed by atoms with Crippen LogP contribution < -0.4 is 10.1 Å². The topological polar surface area (TPSA) is 94.6 Å². The first-order valence-corrected chi connectivity index (χ1v) is 11.5. The molecule has 10 heteroatoms. The number of halogens is 1. The summed E-state index contributed by atoms with van der Waals surface area (Å²) in [5, 5.41) is 3.41. The highest BCUT2D eigenvalue weighted by atomic mass is 79.9. The van der Waals surface area contributed by atoms with Crippen molar-refractivity contribution < 1.29 is 22.7 Å². The van der Waals surface area contributed by atoms with Crippen LogP contribution in [0.5, 0.6) is 5.75 Å². The summed E-state index contributed by atoms with van der Waals surface area (Å²) < 4.78 is 37.4. The second kappa shape index (κ2) is 8.93. The average Bonchev–Trinajstić information content (AvgIpc) is 3.12. The second-order valence-electron chi connectivity index (χ2n) is 5.82. The van der Waals surface area contributed by atoms with Crippen LogP contribution in [-0.4, -0.2) is 33.6 Å². The lowest BCUT2D eigenvalue weighted by molar-refractivity contribution is 0.0602. The van der Waals surface area contributed by atoms with Gasteiger partial charge >= 0.3 is 5.97 Å². The molecule has 0 aliphatic heterocycles. The van der Waals surface area contributed by atoms with Gasteiger partial charge in [-0.05, 0) is 46.3 Å². The number of esters is 1. The Morgan fingerprint density at radius 3 is 2.52 bits per heavy atom. The van der Waals surface area contributed by atoms with Gasteiger partial charge in [-0.25, -0.2) is 13.2 Å². The monoisotopic (exact) mass is 496 g/mol. The van der Waals surface area contributed by atoms with Gasteiger partial charge in [0, 0.05) is 23.3 Å². The third-order valence-corrected chi connectivity index (χ3v) is 7.77. The van der Waals surface area contributed by atoms with E-state index in [1.165, 1.54) is 43.9 Å². The van der Waals surface area contributed by atoms with E-state index in [1.54, 1.807) is 35.8 Å². The van der Waals surface area contributed by atoms with Crippen molar-refractivity contribution >= 4 is 48.8 Å². The van der Waals surface area contributed by atoms with Gasteiger partial charge in [-0.15, -0.1) is 11.3 Å². The third kappa shape index (κ3) is 4.44. The normalized spacial score (nSPS) is 12.2. The number of aromatic nitrogens is 1. The molecule has 2 heterocycles. The Morgan fingerprint density at radius 1 is 1.21 bits per heavy atom. The third-order valence-electron chi connectivity index (χ3n) is 4.11. The van der Waals surface area contributed by atoms with Crippen molar-refractivity contribution in [1.29, 1.82) is 0 Å². The van der Waals surface area contributed by atoms with Gasteiger partial charge in [-0.1, -0.05) is 6.07 Å². The number of sulfone groups is 1. The highest BCUT2D eigenvalue weighted by molar-refractivity contribution is 9.11. The lowest BCUT2D eigenvalue weighted by atomic mass is 10.2. The fourth-order valence-corrected chi connectivity index (χ4v) is 5.52. The number of carbonyl (C=O) groups is 1. The number of thiophene rings is 1. The minimum atomic E-state index is -3.90. The smallest absolute Gasteiger partial charge is 0.340 e. The Balaban J connectivity index is 2.09. The zero-order valence-corrected chi connectivity index (χ0v) is 18.7. The highest BCUT2D eigenvalue weighted by Gasteiger charge is 2.32. The standard InChI is InChI=1S/C19H17BrN2O5S2/c1-26-13-5-7-14(8-6-13)29(24,25)18(12-4-3-9-21-10-12)22-16-15(19(23)27-2)11-28-17(16)20/h3-11,18,22H,1-2H3. The lowest BCUT2D eigenvalue weighted by Crippen LogP contribution is -2.23. The predicted molar refractivity (Wildman–Crippen MR) is 114 cm³/mol. The molecule has 0 spiro atoms. The van der Waals surface area contributed by atoms with E-state index in [-0.39, 0.29) is 10.5 Å². The molecule has 1 atom stereocenters. The highest BCUT2D eigenvalue weighted by Crippen LogP contribution is 2.39. The van der Waals surface area contributed by atoms with Gasteiger partial charge in [0.25, 0.3) is 0 Å². The van der Waals surface area contributed by atoms with E-state index in [9.17, 15) is 13.2 Å². The Bertz CT molecular complexity index is 1100. The molecule has 0 aliphatic rings. The molecule has 0 radical (unpaired) electrons. The zero-order valence-electron chi connectivity index (χ0n) is 15.5. The number of rotatable bonds is 7. The molecule has 1 aromatic carbocycles. The fourth-order valence-electron chi connectivity index (χ4n) is 2.63. The summed E-state index contributed by atoms with van der Waals surface area (Å²) in [4.78, 5) is 16.2. The lowest BCUT2D eigenvalue weighted by Gasteiger charge is -2.21. The molecule has 0 fully saturated rings. The van der Waals surface area contributed by atoms with Gasteiger partial charge in [0.05, 0.1) is 34.2 Å². The molecule has 2 aromatic heterocycles. The second-order valence-corrected chi connectivity index (χ2v) is 10.1. The van der Waals surface area contributed by atoms with Gasteiger partial charge in [0.15, 0.2) is 5.37 Å². The van der Waals surface area contributed by atoms with E-state index in [2.05, 4.69) is 26.2 Å². The van der Waals surface area contributed by atoms with Crippen molar-refractivity contribution in [2.75, 3.05) is 19.5 Å². The Labute approximate surface area is 180 Å². The maximum Gasteiger partial charge on any atom is 0.340 e. The first-order chi connectivity index (χ1) is 13.9. The van der Waals surface area contributed by atoms with Crippen LogP contribution in [0.25, 0.3) is 0 Å². The maximum absolute atomic E-state index is 13.5. The van der Waals surface area contributed by atoms with Gasteiger partial charge in [-0.2, -0.15) is 0 Å². The fraction of sp³-hybridized carbons (Fsp3) is 0.158. The quantitative estimate of drug-likeness (QED) is 0.487. The molecule has 0 saturated carbocycles. The maximum atomic E-state index is 13.5. The van der Waals surface area contributed by atoms with Crippen LogP contribution in [0.15, 0.2) is 62.9 Å². The Hall–Kier alpha value is -2.43. The van der Waals surface area contributed by atoms with Crippen molar-refractivity contribution in [3.63, 3.8) is 0 Å². The molecule has 3 aromatic rings. The van der Waals surface area contributed by atoms with Crippen LogP contribution in [0.4, 0.5) is 5.69 Å². The number of hydrogen-bond donors (Lipinski definition) is 1. The van der Waals surface area contributed by atoms with Crippen molar-refractivity contribution in [3.05, 3.63) is 69.1 Å². The Morgan fingerprint density at radius 2 is 1.93 bits per heavy atom. The molecule has 3 rings (SSSR count). The number of pyridine rings is 1. The van der Waals surface area contributed by atoms with E-state index >= 15 is 0 Å². The number of carbonyl (C=O) groups excluding carboxylic acids is 1. The van der Waals surface area contributed by atoms with Gasteiger partial charge < -0.3 is 14.8 Å². The predicted octanol–water partition coefficient (Wildman–Crippen LogP) is 4.29. The van der Waals surface area contributed by atoms with Crippen LogP contribution in [0.3, 0.4) is 0 Å². The van der Waals surface area contributed by atoms with Crippen molar-refractivity contribution in [1.82, 2.24) is 4.98 Å². The van der Waals surface area contributed by atoms with E-state index < -0.39 is 21.2 Å². The van der Waals surface area contributed by atoms with Crippen molar-refractivity contribution in [3.8, 4) is 5.75 Å². The van der Waals surface area contributed by atoms with Gasteiger partial charge in [0.1, 0.15) is 5.75 Å². The summed E-state index contributed by atoms with van der Waals surface area (Å²) in [5.74, 6) is -0.0235. The summed E-state index contributed by atoms with van der Waals surface area (Å²) >= 11 is 4.63. The molecular formula is C19H17BrN2O5S2. The van der Waals surface area contributed by atoms with Crippen molar-refractivity contribution in [2.45, 2.75) is 10.3 Å². The summed E-state index contributed by atoms with van der Waals surface area (Å²) in [6, 6.07) is 9.41. The number of nitrogens with one attached hydrogen (secondary N) is 1. The molecule has 0 amide bonds. The molecule has 0 saturated heterocycles. The summed E-state index contributed by atoms with van der Waals surface area (Å²) in [6.45, 7) is 0. The number of anilines is 1. The largest absolute Gasteiger partial charge is 0.497 e. The van der Waals surface area contributed by atoms with E-state index in [0.717, 1.165) is 0 Å². The summed E-state index contributed by atoms with van der Waals surface area (Å²) in [6.07, 6.45) is 3.03. The van der Waals surface area contributed by atoms with Gasteiger partial charge in [-0.3, -0.25) is 4.98 Å². The Kier molecular flexibility index (Phi) is 6.56. The van der Waals surface area contributed by atoms with Gasteiger partial charge in [0.2, 0.25) is 9.84 Å². The molecule has 1 N–H and O–H groups in total. The summed E-state index contributed by atoms with van der Waals surface area (Å²) in [5.41, 5.74) is 1.01. The van der Waals surface area contributed by atoms with Crippen LogP contribution in [0, 0.1) is 0 Å². The summed E-state index contributed by atoms with van der Waals surface area (Å²) in [7, 11) is -1.12. The average molecular weight is 497 g/mol. The van der Waals surface area contributed by atoms with E-state index in [0.29, 0.717) is 20.8 Å². The zero-order chi connectivity index (χ0) is 21.0. The van der Waals surface area contributed by atoms with Crippen LogP contribution in [-0.2, 0) is 14.6 Å². The number of nitrogens with zero attached hydrogens (tertiary/aromatic N) is 1. The number of methoxy groups -OCH3 is 2. The minimum Gasteiger partial charge on any atom is -0.497 e. The minimum absolute atomic E-state index is 0.102. The molecule has 29 heavy (non-hydrogen) atoms. The van der Waals surface area contributed by atoms with Crippen LogP contribution in [0.1, 0.15) is 21.3 Å². The first-order valence-electron chi connectivity index (χ1n) is 8.28. The molecule has 1 unspecified atom stereocenters. The van der Waals surface area contributed by atoms with E-state index in [1.807, 2.05) is 0 Å². The first kappa shape index (κ1) is 21.3. The van der Waals surface area contributed by atoms with Crippen LogP contribution >= 0.6 is 27.3 Å². The van der Waals surface area contributed by atoms with Crippen LogP contribution in [0.2, 0.25) is 0 Å². The molecule has 152 valence electrons. The van der Waals surface area contributed by atoms with Crippen molar-refractivity contribution in [2.24, 2.45) is 0 Å². The molecule has 0 aliphatic carbocycles. The molecular weight excluding hydrogens is 480 g/mol. The SMILES string of the molecule is COC(=O)c1csc(Br)c1NC(c1cccnc1)S(=O)(=O)c1ccc(OC)cc1. The van der Waals surface area contributed by atoms with E-state index in [4.69, 9.17) is 9.47 Å². The molecule has 0 bridgehead atoms. The number of ether oxygens (including phenoxy) is 2. The molecule has 7 nitrogen and oxygen atoms in total.